The fourth-order valence-corrected chi connectivity index (χ4v) is 3.34. The number of para-hydroxylation sites is 1. The average molecular weight is 375 g/mol. The number of hydrogen-bond acceptors (Lipinski definition) is 4. The molecule has 28 heavy (non-hydrogen) atoms. The van der Waals surface area contributed by atoms with Crippen LogP contribution in [-0.2, 0) is 6.42 Å². The minimum absolute atomic E-state index is 0.217. The number of nitrogens with one attached hydrogen (secondary N) is 2. The molecule has 0 spiro atoms. The molecule has 142 valence electrons. The molecule has 0 atom stereocenters. The Morgan fingerprint density at radius 1 is 1.04 bits per heavy atom. The second-order valence-electron chi connectivity index (χ2n) is 6.70. The number of rotatable bonds is 7. The van der Waals surface area contributed by atoms with Crippen molar-refractivity contribution in [1.82, 2.24) is 24.9 Å². The summed E-state index contributed by atoms with van der Waals surface area (Å²) in [5.41, 5.74) is 1.66. The molecule has 0 saturated heterocycles. The number of carbonyl (C=O) groups is 1. The number of aromatic nitrogens is 4. The Morgan fingerprint density at radius 3 is 2.82 bits per heavy atom. The number of H-pyrrole nitrogens is 1. The molecule has 0 aliphatic carbocycles. The summed E-state index contributed by atoms with van der Waals surface area (Å²) < 4.78 is 2.00. The average Bonchev–Trinajstić information content (AvgIpc) is 3.13. The highest BCUT2D eigenvalue weighted by atomic mass is 16.2. The zero-order chi connectivity index (χ0) is 19.3. The third-order valence-electron chi connectivity index (χ3n) is 4.74. The van der Waals surface area contributed by atoms with Crippen molar-refractivity contribution in [2.24, 2.45) is 0 Å². The molecule has 2 N–H and O–H groups in total. The number of amides is 1. The first-order valence-electron chi connectivity index (χ1n) is 9.41. The first-order valence-corrected chi connectivity index (χ1v) is 9.41. The van der Waals surface area contributed by atoms with E-state index in [9.17, 15) is 9.59 Å². The van der Waals surface area contributed by atoms with Gasteiger partial charge in [0.1, 0.15) is 5.82 Å². The highest BCUT2D eigenvalue weighted by Crippen LogP contribution is 2.14. The van der Waals surface area contributed by atoms with E-state index in [-0.39, 0.29) is 11.5 Å². The summed E-state index contributed by atoms with van der Waals surface area (Å²) in [6.45, 7) is 0.570. The van der Waals surface area contributed by atoms with Crippen LogP contribution in [0, 0.1) is 0 Å². The van der Waals surface area contributed by atoms with Crippen LogP contribution in [0.25, 0.3) is 16.6 Å². The smallest absolute Gasteiger partial charge is 0.252 e. The first-order chi connectivity index (χ1) is 13.7. The molecule has 1 amide bonds. The van der Waals surface area contributed by atoms with Gasteiger partial charge < -0.3 is 10.3 Å². The zero-order valence-electron chi connectivity index (χ0n) is 15.4. The van der Waals surface area contributed by atoms with Crippen molar-refractivity contribution in [2.45, 2.75) is 25.7 Å². The summed E-state index contributed by atoms with van der Waals surface area (Å²) in [7, 11) is 0. The maximum absolute atomic E-state index is 12.5. The number of fused-ring (bicyclic) bond motifs is 2. The van der Waals surface area contributed by atoms with Crippen molar-refractivity contribution in [3.05, 3.63) is 76.5 Å². The molecular weight excluding hydrogens is 354 g/mol. The van der Waals surface area contributed by atoms with Crippen LogP contribution in [-0.4, -0.2) is 32.0 Å². The number of pyridine rings is 2. The number of nitrogens with zero attached hydrogens (tertiary/aromatic N) is 3. The van der Waals surface area contributed by atoms with E-state index in [1.807, 2.05) is 47.0 Å². The van der Waals surface area contributed by atoms with Gasteiger partial charge in [-0.05, 0) is 31.0 Å². The van der Waals surface area contributed by atoms with Crippen LogP contribution in [0.5, 0.6) is 0 Å². The minimum atomic E-state index is -0.274. The van der Waals surface area contributed by atoms with E-state index in [1.165, 1.54) is 6.07 Å². The molecule has 1 aromatic carbocycles. The van der Waals surface area contributed by atoms with Gasteiger partial charge in [-0.25, -0.2) is 0 Å². The van der Waals surface area contributed by atoms with Crippen LogP contribution in [0.15, 0.2) is 59.5 Å². The summed E-state index contributed by atoms with van der Waals surface area (Å²) in [5.74, 6) is 0.736. The second kappa shape index (κ2) is 8.04. The standard InChI is InChI=1S/C21H21N5O2/c27-20-14-16(15-8-3-4-9-17(15)23-20)21(28)22-12-6-1-2-10-18-24-25-19-11-5-7-13-26(18)19/h3-5,7-9,11,13-14H,1-2,6,10,12H2,(H,22,28)(H,23,27). The van der Waals surface area contributed by atoms with Crippen molar-refractivity contribution in [3.8, 4) is 0 Å². The van der Waals surface area contributed by atoms with E-state index in [2.05, 4.69) is 20.5 Å². The SMILES string of the molecule is O=C(NCCCCCc1nnc2ccccn12)c1cc(=O)[nH]c2ccccc12. The van der Waals surface area contributed by atoms with Crippen molar-refractivity contribution < 1.29 is 4.79 Å². The Balaban J connectivity index is 1.28. The molecular formula is C21H21N5O2. The van der Waals surface area contributed by atoms with E-state index in [0.717, 1.165) is 42.5 Å². The van der Waals surface area contributed by atoms with E-state index >= 15 is 0 Å². The number of benzene rings is 1. The Kier molecular flexibility index (Phi) is 5.14. The van der Waals surface area contributed by atoms with Gasteiger partial charge in [0.2, 0.25) is 5.56 Å². The quantitative estimate of drug-likeness (QED) is 0.486. The highest BCUT2D eigenvalue weighted by Gasteiger charge is 2.11. The molecule has 0 aliphatic rings. The van der Waals surface area contributed by atoms with E-state index in [4.69, 9.17) is 0 Å². The lowest BCUT2D eigenvalue weighted by Crippen LogP contribution is -2.26. The third kappa shape index (κ3) is 3.78. The molecule has 0 unspecified atom stereocenters. The predicted molar refractivity (Wildman–Crippen MR) is 107 cm³/mol. The second-order valence-corrected chi connectivity index (χ2v) is 6.70. The molecule has 4 rings (SSSR count). The van der Waals surface area contributed by atoms with Crippen LogP contribution >= 0.6 is 0 Å². The highest BCUT2D eigenvalue weighted by molar-refractivity contribution is 6.05. The van der Waals surface area contributed by atoms with Gasteiger partial charge in [0.05, 0.1) is 5.56 Å². The van der Waals surface area contributed by atoms with Crippen molar-refractivity contribution in [1.29, 1.82) is 0 Å². The van der Waals surface area contributed by atoms with Gasteiger partial charge in [0, 0.05) is 36.1 Å². The lowest BCUT2D eigenvalue weighted by atomic mass is 10.1. The molecule has 3 heterocycles. The minimum Gasteiger partial charge on any atom is -0.352 e. The monoisotopic (exact) mass is 375 g/mol. The number of aryl methyl sites for hydroxylation is 1. The fourth-order valence-electron chi connectivity index (χ4n) is 3.34. The van der Waals surface area contributed by atoms with E-state index in [0.29, 0.717) is 17.6 Å². The largest absolute Gasteiger partial charge is 0.352 e. The van der Waals surface area contributed by atoms with Crippen LogP contribution in [0.1, 0.15) is 35.4 Å². The summed E-state index contributed by atoms with van der Waals surface area (Å²) in [5, 5.41) is 12.0. The van der Waals surface area contributed by atoms with Gasteiger partial charge in [0.25, 0.3) is 5.91 Å². The lowest BCUT2D eigenvalue weighted by Gasteiger charge is -2.08. The Labute approximate surface area is 161 Å². The number of carbonyl (C=O) groups excluding carboxylic acids is 1. The van der Waals surface area contributed by atoms with Gasteiger partial charge in [-0.15, -0.1) is 10.2 Å². The molecule has 0 radical (unpaired) electrons. The molecule has 0 fully saturated rings. The van der Waals surface area contributed by atoms with Crippen LogP contribution in [0.2, 0.25) is 0 Å². The van der Waals surface area contributed by atoms with Crippen LogP contribution in [0.3, 0.4) is 0 Å². The maximum Gasteiger partial charge on any atom is 0.252 e. The van der Waals surface area contributed by atoms with Crippen molar-refractivity contribution in [2.75, 3.05) is 6.54 Å². The van der Waals surface area contributed by atoms with Gasteiger partial charge in [0.15, 0.2) is 5.65 Å². The summed E-state index contributed by atoms with van der Waals surface area (Å²) in [6.07, 6.45) is 5.62. The molecule has 7 nitrogen and oxygen atoms in total. The number of aromatic amines is 1. The topological polar surface area (TPSA) is 92.2 Å². The number of hydrogen-bond donors (Lipinski definition) is 2. The van der Waals surface area contributed by atoms with Crippen LogP contribution < -0.4 is 10.9 Å². The Hall–Kier alpha value is -3.48. The Morgan fingerprint density at radius 2 is 1.89 bits per heavy atom. The van der Waals surface area contributed by atoms with E-state index < -0.39 is 0 Å². The van der Waals surface area contributed by atoms with Crippen molar-refractivity contribution in [3.63, 3.8) is 0 Å². The first kappa shape index (κ1) is 17.9. The summed E-state index contributed by atoms with van der Waals surface area (Å²) in [6, 6.07) is 14.5. The van der Waals surface area contributed by atoms with Gasteiger partial charge >= 0.3 is 0 Å². The zero-order valence-corrected chi connectivity index (χ0v) is 15.4. The molecule has 7 heteroatoms. The Bertz CT molecular complexity index is 1180. The fraction of sp³-hybridized carbons (Fsp3) is 0.238. The molecule has 4 aromatic rings. The van der Waals surface area contributed by atoms with Gasteiger partial charge in [-0.2, -0.15) is 0 Å². The molecule has 0 saturated carbocycles. The van der Waals surface area contributed by atoms with E-state index in [1.54, 1.807) is 6.07 Å². The summed E-state index contributed by atoms with van der Waals surface area (Å²) in [4.78, 5) is 27.0. The van der Waals surface area contributed by atoms with Crippen LogP contribution in [0.4, 0.5) is 0 Å². The third-order valence-corrected chi connectivity index (χ3v) is 4.74. The van der Waals surface area contributed by atoms with Crippen molar-refractivity contribution >= 4 is 22.5 Å². The molecule has 0 aliphatic heterocycles. The normalized spacial score (nSPS) is 11.1. The lowest BCUT2D eigenvalue weighted by molar-refractivity contribution is 0.0954. The molecule has 3 aromatic heterocycles. The number of unbranched alkanes of at least 4 members (excludes halogenated alkanes) is 2. The summed E-state index contributed by atoms with van der Waals surface area (Å²) >= 11 is 0. The predicted octanol–water partition coefficient (Wildman–Crippen LogP) is 2.71. The van der Waals surface area contributed by atoms with Gasteiger partial charge in [-0.1, -0.05) is 30.7 Å². The molecule has 0 bridgehead atoms. The maximum atomic E-state index is 12.5. The van der Waals surface area contributed by atoms with Gasteiger partial charge in [-0.3, -0.25) is 14.0 Å².